The first-order chi connectivity index (χ1) is 12.5. The highest BCUT2D eigenvalue weighted by Gasteiger charge is 2.24. The first-order valence-corrected chi connectivity index (χ1v) is 8.71. The largest absolute Gasteiger partial charge is 0.364 e. The van der Waals surface area contributed by atoms with E-state index in [9.17, 15) is 9.59 Å². The first-order valence-electron chi connectivity index (χ1n) is 8.33. The van der Waals surface area contributed by atoms with Crippen molar-refractivity contribution < 1.29 is 9.18 Å². The molecule has 27 heavy (non-hydrogen) atoms. The normalized spacial score (nSPS) is 11.8. The van der Waals surface area contributed by atoms with E-state index in [4.69, 9.17) is 17.3 Å². The monoisotopic (exact) mass is 387 g/mol. The fourth-order valence-electron chi connectivity index (χ4n) is 3.15. The van der Waals surface area contributed by atoms with Crippen molar-refractivity contribution in [3.63, 3.8) is 0 Å². The number of carbonyl (C=O) groups excluding carboxylic acids is 1. The lowest BCUT2D eigenvalue weighted by molar-refractivity contribution is 0.0997. The summed E-state index contributed by atoms with van der Waals surface area (Å²) in [4.78, 5) is 31.0. The molecule has 0 aliphatic carbocycles. The Kier molecular flexibility index (Phi) is 4.56. The minimum absolute atomic E-state index is 0.0246. The molecule has 7 heteroatoms. The Bertz CT molecular complexity index is 1150. The van der Waals surface area contributed by atoms with Crippen molar-refractivity contribution in [2.45, 2.75) is 33.1 Å². The minimum Gasteiger partial charge on any atom is -0.364 e. The summed E-state index contributed by atoms with van der Waals surface area (Å²) in [6.07, 6.45) is 1.36. The molecule has 140 valence electrons. The molecule has 0 saturated heterocycles. The molecule has 5 nitrogen and oxygen atoms in total. The maximum atomic E-state index is 15.1. The molecule has 3 rings (SSSR count). The second-order valence-corrected chi connectivity index (χ2v) is 7.87. The maximum Gasteiger partial charge on any atom is 0.268 e. The van der Waals surface area contributed by atoms with Gasteiger partial charge in [0.1, 0.15) is 5.69 Å². The van der Waals surface area contributed by atoms with Gasteiger partial charge in [-0.05, 0) is 29.5 Å². The molecule has 0 fully saturated rings. The van der Waals surface area contributed by atoms with Crippen LogP contribution in [0.1, 0.15) is 42.4 Å². The average Bonchev–Trinajstić information content (AvgIpc) is 2.56. The topological polar surface area (TPSA) is 88.8 Å². The van der Waals surface area contributed by atoms with Crippen molar-refractivity contribution >= 4 is 28.4 Å². The molecule has 1 amide bonds. The average molecular weight is 388 g/mol. The lowest BCUT2D eigenvalue weighted by Crippen LogP contribution is -2.18. The van der Waals surface area contributed by atoms with E-state index >= 15 is 4.39 Å². The van der Waals surface area contributed by atoms with Gasteiger partial charge in [0.05, 0.1) is 21.6 Å². The second-order valence-electron chi connectivity index (χ2n) is 7.49. The van der Waals surface area contributed by atoms with E-state index in [0.717, 1.165) is 0 Å². The summed E-state index contributed by atoms with van der Waals surface area (Å²) < 4.78 is 15.1. The van der Waals surface area contributed by atoms with Gasteiger partial charge in [0, 0.05) is 17.8 Å². The van der Waals surface area contributed by atoms with Crippen LogP contribution in [0.5, 0.6) is 0 Å². The van der Waals surface area contributed by atoms with Gasteiger partial charge in [0.15, 0.2) is 11.2 Å². The number of aryl methyl sites for hydroxylation is 1. The van der Waals surface area contributed by atoms with Crippen molar-refractivity contribution in [2.75, 3.05) is 0 Å². The van der Waals surface area contributed by atoms with Crippen LogP contribution in [0.4, 0.5) is 4.39 Å². The molecule has 0 atom stereocenters. The number of hydrogen-bond donors (Lipinski definition) is 2. The fourth-order valence-corrected chi connectivity index (χ4v) is 3.58. The Morgan fingerprint density at radius 2 is 1.96 bits per heavy atom. The van der Waals surface area contributed by atoms with Crippen molar-refractivity contribution in [1.29, 1.82) is 0 Å². The first kappa shape index (κ1) is 19.0. The number of pyridine rings is 2. The van der Waals surface area contributed by atoms with Crippen LogP contribution in [0.3, 0.4) is 0 Å². The smallest absolute Gasteiger partial charge is 0.268 e. The number of benzene rings is 1. The van der Waals surface area contributed by atoms with Crippen molar-refractivity contribution in [3.05, 3.63) is 62.3 Å². The summed E-state index contributed by atoms with van der Waals surface area (Å²) in [6.45, 7) is 7.60. The number of rotatable bonds is 2. The highest BCUT2D eigenvalue weighted by molar-refractivity contribution is 6.32. The van der Waals surface area contributed by atoms with E-state index in [-0.39, 0.29) is 32.8 Å². The lowest BCUT2D eigenvalue weighted by atomic mass is 9.84. The summed E-state index contributed by atoms with van der Waals surface area (Å²) in [5, 5.41) is 0.0980. The van der Waals surface area contributed by atoms with Crippen LogP contribution < -0.4 is 11.2 Å². The molecule has 0 bridgehead atoms. The van der Waals surface area contributed by atoms with E-state index in [2.05, 4.69) is 9.97 Å². The summed E-state index contributed by atoms with van der Waals surface area (Å²) in [5.41, 5.74) is 6.51. The predicted octanol–water partition coefficient (Wildman–Crippen LogP) is 4.09. The Labute approximate surface area is 160 Å². The van der Waals surface area contributed by atoms with E-state index in [1.54, 1.807) is 6.92 Å². The summed E-state index contributed by atoms with van der Waals surface area (Å²) in [6, 6.07) is 4.59. The Morgan fingerprint density at radius 1 is 1.30 bits per heavy atom. The van der Waals surface area contributed by atoms with E-state index in [1.165, 1.54) is 18.3 Å². The van der Waals surface area contributed by atoms with Gasteiger partial charge in [-0.3, -0.25) is 14.6 Å². The number of hydrogen-bond acceptors (Lipinski definition) is 3. The van der Waals surface area contributed by atoms with Crippen molar-refractivity contribution in [3.8, 4) is 11.3 Å². The minimum atomic E-state index is -0.807. The molecular formula is C20H19ClFN3O2. The maximum absolute atomic E-state index is 15.1. The number of nitrogens with two attached hydrogens (primary N) is 1. The molecule has 0 radical (unpaired) electrons. The lowest BCUT2D eigenvalue weighted by Gasteiger charge is -2.23. The van der Waals surface area contributed by atoms with E-state index in [1.807, 2.05) is 26.8 Å². The van der Waals surface area contributed by atoms with Crippen LogP contribution in [0.25, 0.3) is 22.2 Å². The van der Waals surface area contributed by atoms with Gasteiger partial charge < -0.3 is 10.7 Å². The number of halogens is 2. The number of fused-ring (bicyclic) bond motifs is 1. The number of aromatic amines is 1. The molecule has 0 spiro atoms. The SMILES string of the molecule is Cc1cc(C(C)(C)C)c(Cl)c(F)c1-c1cc(=O)c2c(C(N)=O)nccc2[nH]1. The van der Waals surface area contributed by atoms with Gasteiger partial charge >= 0.3 is 0 Å². The molecule has 1 aromatic carbocycles. The Balaban J connectivity index is 2.33. The zero-order valence-electron chi connectivity index (χ0n) is 15.4. The fraction of sp³-hybridized carbons (Fsp3) is 0.250. The molecular weight excluding hydrogens is 369 g/mol. The van der Waals surface area contributed by atoms with Crippen molar-refractivity contribution in [1.82, 2.24) is 9.97 Å². The van der Waals surface area contributed by atoms with Gasteiger partial charge in [-0.25, -0.2) is 4.39 Å². The van der Waals surface area contributed by atoms with Crippen LogP contribution in [0, 0.1) is 12.7 Å². The molecule has 2 heterocycles. The standard InChI is InChI=1S/C20H19ClFN3O2/c1-9-7-10(20(2,3)4)16(21)17(22)14(9)12-8-13(26)15-11(25-12)5-6-24-18(15)19(23)27/h5-8H,1-4H3,(H2,23,27)(H,25,26). The third-order valence-corrected chi connectivity index (χ3v) is 4.83. The number of primary amides is 1. The van der Waals surface area contributed by atoms with Gasteiger partial charge in [0.2, 0.25) is 0 Å². The van der Waals surface area contributed by atoms with Gasteiger partial charge in [-0.2, -0.15) is 0 Å². The molecule has 3 aromatic rings. The third-order valence-electron chi connectivity index (χ3n) is 4.46. The van der Waals surface area contributed by atoms with E-state index < -0.39 is 17.2 Å². The summed E-state index contributed by atoms with van der Waals surface area (Å²) in [7, 11) is 0. The highest BCUT2D eigenvalue weighted by Crippen LogP contribution is 2.38. The molecule has 0 aliphatic heterocycles. The summed E-state index contributed by atoms with van der Waals surface area (Å²) >= 11 is 6.29. The quantitative estimate of drug-likeness (QED) is 0.694. The summed E-state index contributed by atoms with van der Waals surface area (Å²) in [5.74, 6) is -1.40. The molecule has 2 aromatic heterocycles. The second kappa shape index (κ2) is 6.46. The Morgan fingerprint density at radius 3 is 2.56 bits per heavy atom. The number of H-pyrrole nitrogens is 1. The molecule has 0 saturated carbocycles. The zero-order valence-corrected chi connectivity index (χ0v) is 16.2. The third kappa shape index (κ3) is 3.21. The van der Waals surface area contributed by atoms with Crippen LogP contribution >= 0.6 is 11.6 Å². The molecule has 0 aliphatic rings. The Hall–Kier alpha value is -2.73. The molecule has 3 N–H and O–H groups in total. The van der Waals surface area contributed by atoms with Gasteiger partial charge in [-0.1, -0.05) is 38.4 Å². The number of nitrogens with zero attached hydrogens (tertiary/aromatic N) is 1. The number of amides is 1. The van der Waals surface area contributed by atoms with Crippen LogP contribution in [0.2, 0.25) is 5.02 Å². The van der Waals surface area contributed by atoms with E-state index in [0.29, 0.717) is 16.6 Å². The number of nitrogens with one attached hydrogen (secondary N) is 1. The predicted molar refractivity (Wildman–Crippen MR) is 105 cm³/mol. The van der Waals surface area contributed by atoms with Gasteiger partial charge in [-0.15, -0.1) is 0 Å². The van der Waals surface area contributed by atoms with Crippen LogP contribution in [-0.2, 0) is 5.41 Å². The zero-order chi connectivity index (χ0) is 20.1. The highest BCUT2D eigenvalue weighted by atomic mass is 35.5. The number of carbonyl (C=O) groups is 1. The van der Waals surface area contributed by atoms with Gasteiger partial charge in [0.25, 0.3) is 5.91 Å². The van der Waals surface area contributed by atoms with Crippen LogP contribution in [-0.4, -0.2) is 15.9 Å². The van der Waals surface area contributed by atoms with Crippen molar-refractivity contribution in [2.24, 2.45) is 5.73 Å². The molecule has 0 unspecified atom stereocenters. The number of aromatic nitrogens is 2. The van der Waals surface area contributed by atoms with Crippen LogP contribution in [0.15, 0.2) is 29.2 Å².